The standard InChI is InChI=1S/C21H17N3O6S/c1-12-16(9-22)20(26)24(15-6-7-31(28,29)11-15)21(27)17(12)10-23-14-3-4-18-13(8-14)2-5-19(25)30-18/h2-5,8,10,15,23H,6-7,11H2,1H3/p+1/b17-10+/t15-/m1/s1. The normalized spacial score (nSPS) is 24.6. The van der Waals surface area contributed by atoms with Gasteiger partial charge >= 0.3 is 17.4 Å². The highest BCUT2D eigenvalue weighted by Gasteiger charge is 2.48. The number of sulfone groups is 1. The Labute approximate surface area is 177 Å². The lowest BCUT2D eigenvalue weighted by molar-refractivity contribution is -0.761. The number of nitrogens with zero attached hydrogens (tertiary/aromatic N) is 1. The molecule has 2 aromatic rings. The summed E-state index contributed by atoms with van der Waals surface area (Å²) < 4.78 is 28.8. The Hall–Kier alpha value is -3.55. The molecular weight excluding hydrogens is 422 g/mol. The van der Waals surface area contributed by atoms with E-state index in [1.807, 2.05) is 6.07 Å². The van der Waals surface area contributed by atoms with E-state index in [4.69, 9.17) is 4.42 Å². The summed E-state index contributed by atoms with van der Waals surface area (Å²) in [4.78, 5) is 37.0. The van der Waals surface area contributed by atoms with E-state index in [2.05, 4.69) is 5.32 Å². The second-order valence-electron chi connectivity index (χ2n) is 7.49. The van der Waals surface area contributed by atoms with Gasteiger partial charge in [-0.05, 0) is 36.8 Å². The second kappa shape index (κ2) is 7.61. The summed E-state index contributed by atoms with van der Waals surface area (Å²) in [6, 6.07) is 9.01. The quantitative estimate of drug-likeness (QED) is 0.388. The summed E-state index contributed by atoms with van der Waals surface area (Å²) in [6.45, 7) is 1.51. The van der Waals surface area contributed by atoms with Crippen molar-refractivity contribution >= 4 is 38.3 Å². The van der Waals surface area contributed by atoms with Gasteiger partial charge < -0.3 is 9.73 Å². The number of nitriles is 1. The van der Waals surface area contributed by atoms with Gasteiger partial charge in [0.2, 0.25) is 0 Å². The monoisotopic (exact) mass is 440 g/mol. The highest BCUT2D eigenvalue weighted by molar-refractivity contribution is 7.91. The molecule has 1 fully saturated rings. The van der Waals surface area contributed by atoms with Crippen LogP contribution >= 0.6 is 0 Å². The molecule has 2 aliphatic heterocycles. The van der Waals surface area contributed by atoms with Gasteiger partial charge in [-0.1, -0.05) is 0 Å². The van der Waals surface area contributed by atoms with E-state index < -0.39 is 33.3 Å². The van der Waals surface area contributed by atoms with Gasteiger partial charge in [0.1, 0.15) is 29.0 Å². The Morgan fingerprint density at radius 3 is 2.65 bits per heavy atom. The van der Waals surface area contributed by atoms with Crippen LogP contribution in [-0.4, -0.2) is 37.8 Å². The molecule has 1 unspecified atom stereocenters. The van der Waals surface area contributed by atoms with Crippen molar-refractivity contribution < 1.29 is 27.3 Å². The van der Waals surface area contributed by atoms with Crippen LogP contribution in [0.25, 0.3) is 11.0 Å². The summed E-state index contributed by atoms with van der Waals surface area (Å²) in [6.07, 6.45) is 1.59. The predicted octanol–water partition coefficient (Wildman–Crippen LogP) is 0.0677. The average molecular weight is 440 g/mol. The molecule has 2 amide bonds. The van der Waals surface area contributed by atoms with Gasteiger partial charge in [0.15, 0.2) is 15.4 Å². The van der Waals surface area contributed by atoms with Crippen molar-refractivity contribution in [3.05, 3.63) is 63.7 Å². The minimum Gasteiger partial charge on any atom is -0.423 e. The molecule has 2 N–H and O–H groups in total. The topological polar surface area (TPSA) is 139 Å². The van der Waals surface area contributed by atoms with Crippen molar-refractivity contribution in [3.63, 3.8) is 0 Å². The molecule has 1 saturated heterocycles. The SMILES string of the molecule is CC1=C(C#N)C(=O)[NH+]([C@@H]2CCS(=O)(=O)C2)C(=O)/C1=C/Nc1ccc2oc(=O)ccc2c1. The van der Waals surface area contributed by atoms with Gasteiger partial charge in [-0.2, -0.15) is 10.2 Å². The molecule has 2 aliphatic rings. The Bertz CT molecular complexity index is 1390. The van der Waals surface area contributed by atoms with Gasteiger partial charge in [0, 0.05) is 29.8 Å². The molecular formula is C21H18N3O6S+. The number of carbonyl (C=O) groups is 2. The van der Waals surface area contributed by atoms with Crippen LogP contribution in [0.1, 0.15) is 13.3 Å². The third-order valence-electron chi connectivity index (χ3n) is 5.49. The summed E-state index contributed by atoms with van der Waals surface area (Å²) >= 11 is 0. The van der Waals surface area contributed by atoms with E-state index >= 15 is 0 Å². The van der Waals surface area contributed by atoms with Crippen LogP contribution in [0.5, 0.6) is 0 Å². The molecule has 0 saturated carbocycles. The van der Waals surface area contributed by atoms with Gasteiger partial charge in [0.25, 0.3) is 0 Å². The second-order valence-corrected chi connectivity index (χ2v) is 9.72. The molecule has 2 atom stereocenters. The molecule has 9 nitrogen and oxygen atoms in total. The van der Waals surface area contributed by atoms with E-state index in [1.54, 1.807) is 24.3 Å². The third kappa shape index (κ3) is 3.81. The molecule has 0 aliphatic carbocycles. The number of rotatable bonds is 3. The zero-order chi connectivity index (χ0) is 22.3. The average Bonchev–Trinajstić information content (AvgIpc) is 3.07. The van der Waals surface area contributed by atoms with Crippen LogP contribution in [0.15, 0.2) is 62.5 Å². The number of carbonyl (C=O) groups excluding carboxylic acids is 2. The number of fused-ring (bicyclic) bond motifs is 1. The van der Waals surface area contributed by atoms with Crippen molar-refractivity contribution in [2.75, 3.05) is 16.8 Å². The molecule has 1 aromatic heterocycles. The first kappa shape index (κ1) is 20.7. The first-order chi connectivity index (χ1) is 14.7. The molecule has 31 heavy (non-hydrogen) atoms. The van der Waals surface area contributed by atoms with Gasteiger partial charge in [0.05, 0.1) is 5.75 Å². The number of quaternary nitrogens is 1. The number of hydrogen-bond donors (Lipinski definition) is 2. The van der Waals surface area contributed by atoms with Crippen molar-refractivity contribution in [2.45, 2.75) is 19.4 Å². The van der Waals surface area contributed by atoms with Crippen LogP contribution < -0.4 is 15.8 Å². The maximum absolute atomic E-state index is 13.1. The van der Waals surface area contributed by atoms with Crippen LogP contribution in [0.3, 0.4) is 0 Å². The molecule has 4 rings (SSSR count). The highest BCUT2D eigenvalue weighted by Crippen LogP contribution is 2.22. The molecule has 10 heteroatoms. The van der Waals surface area contributed by atoms with Gasteiger partial charge in [-0.15, -0.1) is 0 Å². The fourth-order valence-corrected chi connectivity index (χ4v) is 5.63. The Balaban J connectivity index is 1.69. The Morgan fingerprint density at radius 2 is 1.97 bits per heavy atom. The lowest BCUT2D eigenvalue weighted by Gasteiger charge is -2.25. The van der Waals surface area contributed by atoms with E-state index in [0.717, 1.165) is 0 Å². The largest absolute Gasteiger partial charge is 0.423 e. The first-order valence-corrected chi connectivity index (χ1v) is 11.3. The Morgan fingerprint density at radius 1 is 1.19 bits per heavy atom. The predicted molar refractivity (Wildman–Crippen MR) is 111 cm³/mol. The number of benzene rings is 1. The van der Waals surface area contributed by atoms with Gasteiger partial charge in [-0.3, -0.25) is 0 Å². The molecule has 3 heterocycles. The van der Waals surface area contributed by atoms with E-state index in [9.17, 15) is 28.1 Å². The van der Waals surface area contributed by atoms with E-state index in [1.165, 1.54) is 19.2 Å². The smallest absolute Gasteiger partial charge is 0.363 e. The molecule has 1 aromatic carbocycles. The summed E-state index contributed by atoms with van der Waals surface area (Å²) in [5.74, 6) is -1.61. The Kier molecular flexibility index (Phi) is 5.08. The number of hydrogen-bond acceptors (Lipinski definition) is 8. The van der Waals surface area contributed by atoms with E-state index in [-0.39, 0.29) is 39.5 Å². The lowest BCUT2D eigenvalue weighted by Crippen LogP contribution is -3.21. The fourth-order valence-electron chi connectivity index (χ4n) is 3.88. The van der Waals surface area contributed by atoms with Crippen molar-refractivity contribution in [2.24, 2.45) is 0 Å². The number of imide groups is 1. The molecule has 0 bridgehead atoms. The van der Waals surface area contributed by atoms with Gasteiger partial charge in [-0.25, -0.2) is 22.8 Å². The minimum absolute atomic E-state index is 0.0865. The number of nitrogens with one attached hydrogen (secondary N) is 2. The van der Waals surface area contributed by atoms with Crippen molar-refractivity contribution in [1.29, 1.82) is 5.26 Å². The van der Waals surface area contributed by atoms with Crippen molar-refractivity contribution in [1.82, 2.24) is 0 Å². The zero-order valence-electron chi connectivity index (χ0n) is 16.5. The maximum Gasteiger partial charge on any atom is 0.363 e. The zero-order valence-corrected chi connectivity index (χ0v) is 17.3. The third-order valence-corrected chi connectivity index (χ3v) is 7.26. The van der Waals surface area contributed by atoms with Crippen LogP contribution in [0, 0.1) is 11.3 Å². The fraction of sp³-hybridized carbons (Fsp3) is 0.238. The highest BCUT2D eigenvalue weighted by atomic mass is 32.2. The van der Waals surface area contributed by atoms with Crippen LogP contribution in [0.4, 0.5) is 5.69 Å². The first-order valence-electron chi connectivity index (χ1n) is 9.49. The summed E-state index contributed by atoms with van der Waals surface area (Å²) in [5.41, 5.74) is 0.749. The van der Waals surface area contributed by atoms with Crippen LogP contribution in [0.2, 0.25) is 0 Å². The van der Waals surface area contributed by atoms with Crippen molar-refractivity contribution in [3.8, 4) is 6.07 Å². The minimum atomic E-state index is -3.32. The number of amides is 2. The summed E-state index contributed by atoms with van der Waals surface area (Å²) in [7, 11) is -3.32. The molecule has 158 valence electrons. The van der Waals surface area contributed by atoms with E-state index in [0.29, 0.717) is 16.7 Å². The summed E-state index contributed by atoms with van der Waals surface area (Å²) in [5, 5.41) is 13.1. The lowest BCUT2D eigenvalue weighted by atomic mass is 9.94. The van der Waals surface area contributed by atoms with Crippen LogP contribution in [-0.2, 0) is 19.4 Å². The number of anilines is 1. The molecule has 0 radical (unpaired) electrons. The molecule has 0 spiro atoms. The maximum atomic E-state index is 13.1.